The fourth-order valence-electron chi connectivity index (χ4n) is 3.45. The van der Waals surface area contributed by atoms with Crippen molar-refractivity contribution in [3.8, 4) is 5.75 Å². The second-order valence-corrected chi connectivity index (χ2v) is 10.7. The lowest BCUT2D eigenvalue weighted by Gasteiger charge is -2.21. The first-order chi connectivity index (χ1) is 15.5. The van der Waals surface area contributed by atoms with Gasteiger partial charge in [-0.25, -0.2) is 0 Å². The van der Waals surface area contributed by atoms with Gasteiger partial charge in [-0.05, 0) is 58.9 Å². The third-order valence-corrected chi connectivity index (χ3v) is 7.85. The highest BCUT2D eigenvalue weighted by molar-refractivity contribution is 7.79. The van der Waals surface area contributed by atoms with Crippen LogP contribution in [0, 0.1) is 0 Å². The van der Waals surface area contributed by atoms with E-state index in [2.05, 4.69) is 76.2 Å². The van der Waals surface area contributed by atoms with Gasteiger partial charge in [-0.2, -0.15) is 0 Å². The molecule has 32 heavy (non-hydrogen) atoms. The molecule has 4 aromatic carbocycles. The van der Waals surface area contributed by atoms with Crippen LogP contribution in [0.25, 0.3) is 0 Å². The van der Waals surface area contributed by atoms with E-state index in [0.29, 0.717) is 17.6 Å². The molecule has 0 amide bonds. The maximum absolute atomic E-state index is 9.68. The molecule has 0 aliphatic heterocycles. The monoisotopic (exact) mass is 440 g/mol. The summed E-state index contributed by atoms with van der Waals surface area (Å²) in [5.41, 5.74) is 2.73. The summed E-state index contributed by atoms with van der Waals surface area (Å²) in [4.78, 5) is 0. The maximum Gasteiger partial charge on any atom is 0.115 e. The predicted octanol–water partition coefficient (Wildman–Crippen LogP) is 7.08. The standard InChI is InChI=1S/C24H27OP.C6H6/c1-17(2)19-5-11-22(12-6-19)26(24-15-9-21(25)10-16-24)23-13-7-20(8-14-23)18(3)4;1-2-4-6-5-3-1/h5-18,25H,1-4H3;1-6H. The molecular weight excluding hydrogens is 407 g/mol. The van der Waals surface area contributed by atoms with E-state index in [0.717, 1.165) is 0 Å². The molecule has 2 heteroatoms. The summed E-state index contributed by atoms with van der Waals surface area (Å²) < 4.78 is 0. The van der Waals surface area contributed by atoms with Gasteiger partial charge in [0.25, 0.3) is 0 Å². The number of aromatic hydroxyl groups is 1. The molecule has 4 rings (SSSR count). The first-order valence-corrected chi connectivity index (χ1v) is 12.6. The lowest BCUT2D eigenvalue weighted by Crippen LogP contribution is -2.20. The molecular formula is C30H33OP. The number of hydrogen-bond acceptors (Lipinski definition) is 1. The Morgan fingerprint density at radius 1 is 0.469 bits per heavy atom. The third kappa shape index (κ3) is 6.55. The van der Waals surface area contributed by atoms with Crippen LogP contribution in [0.4, 0.5) is 0 Å². The molecule has 0 radical (unpaired) electrons. The second-order valence-electron chi connectivity index (χ2n) is 8.50. The zero-order valence-electron chi connectivity index (χ0n) is 19.4. The number of phenolic OH excluding ortho intramolecular Hbond substituents is 1. The summed E-state index contributed by atoms with van der Waals surface area (Å²) in [5.74, 6) is 1.39. The lowest BCUT2D eigenvalue weighted by atomic mass is 10.0. The lowest BCUT2D eigenvalue weighted by molar-refractivity contribution is 0.475. The van der Waals surface area contributed by atoms with Crippen LogP contribution in [0.2, 0.25) is 0 Å². The third-order valence-electron chi connectivity index (χ3n) is 5.41. The van der Waals surface area contributed by atoms with Crippen molar-refractivity contribution < 1.29 is 5.11 Å². The minimum absolute atomic E-state index is 0.314. The van der Waals surface area contributed by atoms with Crippen molar-refractivity contribution in [2.75, 3.05) is 0 Å². The van der Waals surface area contributed by atoms with Crippen LogP contribution >= 0.6 is 7.92 Å². The van der Waals surface area contributed by atoms with E-state index in [1.165, 1.54) is 27.0 Å². The van der Waals surface area contributed by atoms with Gasteiger partial charge in [0.15, 0.2) is 0 Å². The largest absolute Gasteiger partial charge is 0.508 e. The van der Waals surface area contributed by atoms with E-state index in [4.69, 9.17) is 0 Å². The van der Waals surface area contributed by atoms with Crippen LogP contribution in [0.5, 0.6) is 5.75 Å². The molecule has 1 nitrogen and oxygen atoms in total. The van der Waals surface area contributed by atoms with Gasteiger partial charge in [0.1, 0.15) is 5.75 Å². The Morgan fingerprint density at radius 3 is 1.03 bits per heavy atom. The Bertz CT molecular complexity index is 972. The van der Waals surface area contributed by atoms with E-state index in [1.54, 1.807) is 12.1 Å². The molecule has 0 saturated heterocycles. The van der Waals surface area contributed by atoms with Gasteiger partial charge in [0.05, 0.1) is 0 Å². The van der Waals surface area contributed by atoms with Crippen LogP contribution in [0.3, 0.4) is 0 Å². The van der Waals surface area contributed by atoms with Crippen LogP contribution in [0.15, 0.2) is 109 Å². The molecule has 0 aliphatic rings. The van der Waals surface area contributed by atoms with Gasteiger partial charge < -0.3 is 5.11 Å². The van der Waals surface area contributed by atoms with Crippen LogP contribution in [-0.2, 0) is 0 Å². The summed E-state index contributed by atoms with van der Waals surface area (Å²) in [7, 11) is -0.633. The summed E-state index contributed by atoms with van der Waals surface area (Å²) in [6, 6.07) is 37.7. The van der Waals surface area contributed by atoms with Crippen molar-refractivity contribution in [3.05, 3.63) is 120 Å². The summed E-state index contributed by atoms with van der Waals surface area (Å²) in [6.07, 6.45) is 0. The Balaban J connectivity index is 0.000000416. The van der Waals surface area contributed by atoms with Crippen LogP contribution < -0.4 is 15.9 Å². The second kappa shape index (κ2) is 11.7. The van der Waals surface area contributed by atoms with Crippen molar-refractivity contribution in [1.29, 1.82) is 0 Å². The van der Waals surface area contributed by atoms with Gasteiger partial charge in [0, 0.05) is 0 Å². The van der Waals surface area contributed by atoms with Gasteiger partial charge >= 0.3 is 0 Å². The Labute approximate surface area is 194 Å². The molecule has 1 N–H and O–H groups in total. The van der Waals surface area contributed by atoms with Crippen molar-refractivity contribution in [3.63, 3.8) is 0 Å². The topological polar surface area (TPSA) is 20.2 Å². The summed E-state index contributed by atoms with van der Waals surface area (Å²) in [5, 5.41) is 13.6. The van der Waals surface area contributed by atoms with Crippen LogP contribution in [-0.4, -0.2) is 5.11 Å². The molecule has 0 aliphatic carbocycles. The Morgan fingerprint density at radius 2 is 0.750 bits per heavy atom. The number of phenols is 1. The predicted molar refractivity (Wildman–Crippen MR) is 141 cm³/mol. The van der Waals surface area contributed by atoms with Crippen molar-refractivity contribution in [1.82, 2.24) is 0 Å². The summed E-state index contributed by atoms with van der Waals surface area (Å²) in [6.45, 7) is 8.90. The number of hydrogen-bond donors (Lipinski definition) is 1. The van der Waals surface area contributed by atoms with E-state index >= 15 is 0 Å². The zero-order valence-corrected chi connectivity index (χ0v) is 20.3. The highest BCUT2D eigenvalue weighted by Crippen LogP contribution is 2.34. The van der Waals surface area contributed by atoms with Crippen molar-refractivity contribution in [2.24, 2.45) is 0 Å². The molecule has 0 unspecified atom stereocenters. The van der Waals surface area contributed by atoms with E-state index in [-0.39, 0.29) is 0 Å². The maximum atomic E-state index is 9.68. The molecule has 164 valence electrons. The SMILES string of the molecule is CC(C)c1ccc(P(c2ccc(O)cc2)c2ccc(C(C)C)cc2)cc1.c1ccccc1. The molecule has 4 aromatic rings. The molecule has 0 fully saturated rings. The quantitative estimate of drug-likeness (QED) is 0.329. The first-order valence-electron chi connectivity index (χ1n) is 11.2. The Kier molecular flexibility index (Phi) is 8.65. The average molecular weight is 441 g/mol. The number of rotatable bonds is 5. The smallest absolute Gasteiger partial charge is 0.115 e. The van der Waals surface area contributed by atoms with Gasteiger partial charge in [0.2, 0.25) is 0 Å². The fourth-order valence-corrected chi connectivity index (χ4v) is 5.69. The molecule has 0 aromatic heterocycles. The molecule has 0 spiro atoms. The Hall–Kier alpha value is -2.89. The summed E-state index contributed by atoms with van der Waals surface area (Å²) >= 11 is 0. The van der Waals surface area contributed by atoms with Gasteiger partial charge in [-0.1, -0.05) is 125 Å². The highest BCUT2D eigenvalue weighted by Gasteiger charge is 2.17. The minimum atomic E-state index is -0.633. The van der Waals surface area contributed by atoms with Crippen molar-refractivity contribution in [2.45, 2.75) is 39.5 Å². The van der Waals surface area contributed by atoms with Crippen LogP contribution in [0.1, 0.15) is 50.7 Å². The van der Waals surface area contributed by atoms with Gasteiger partial charge in [-0.3, -0.25) is 0 Å². The highest BCUT2D eigenvalue weighted by atomic mass is 31.1. The molecule has 0 bridgehead atoms. The molecule has 0 atom stereocenters. The van der Waals surface area contributed by atoms with Gasteiger partial charge in [-0.15, -0.1) is 0 Å². The average Bonchev–Trinajstić information content (AvgIpc) is 2.83. The normalized spacial score (nSPS) is 10.8. The number of benzene rings is 4. The minimum Gasteiger partial charge on any atom is -0.508 e. The zero-order chi connectivity index (χ0) is 22.9. The molecule has 0 heterocycles. The van der Waals surface area contributed by atoms with E-state index < -0.39 is 7.92 Å². The fraction of sp³-hybridized carbons (Fsp3) is 0.200. The van der Waals surface area contributed by atoms with E-state index in [1.807, 2.05) is 48.5 Å². The first kappa shape index (κ1) is 23.8. The van der Waals surface area contributed by atoms with E-state index in [9.17, 15) is 5.11 Å². The van der Waals surface area contributed by atoms with Crippen molar-refractivity contribution >= 4 is 23.8 Å². The molecule has 0 saturated carbocycles.